The van der Waals surface area contributed by atoms with Crippen LogP contribution < -0.4 is 0 Å². The van der Waals surface area contributed by atoms with Crippen molar-refractivity contribution in [3.63, 3.8) is 0 Å². The van der Waals surface area contributed by atoms with Gasteiger partial charge in [-0.3, -0.25) is 0 Å². The van der Waals surface area contributed by atoms with E-state index in [0.717, 1.165) is 17.7 Å². The van der Waals surface area contributed by atoms with Gasteiger partial charge in [0.25, 0.3) is 0 Å². The van der Waals surface area contributed by atoms with Crippen LogP contribution in [-0.2, 0) is 13.1 Å². The van der Waals surface area contributed by atoms with Gasteiger partial charge in [0, 0.05) is 6.54 Å². The summed E-state index contributed by atoms with van der Waals surface area (Å²) in [5.74, 6) is 0. The molecule has 0 aliphatic heterocycles. The van der Waals surface area contributed by atoms with Gasteiger partial charge in [0.2, 0.25) is 0 Å². The Labute approximate surface area is 162 Å². The number of nitrogens with zero attached hydrogens (tertiary/aromatic N) is 8. The molecule has 8 heteroatoms. The lowest BCUT2D eigenvalue weighted by Crippen LogP contribution is -1.99. The molecule has 0 fully saturated rings. The highest BCUT2D eigenvalue weighted by Gasteiger charge is 1.96. The average molecular weight is 368 g/mol. The van der Waals surface area contributed by atoms with Gasteiger partial charge in [0.1, 0.15) is 25.3 Å². The first-order valence-corrected chi connectivity index (χ1v) is 8.34. The molecular formula is C20H16N8. The number of rotatable bonds is 4. The Bertz CT molecular complexity index is 962. The lowest BCUT2D eigenvalue weighted by molar-refractivity contribution is 0.685. The fourth-order valence-electron chi connectivity index (χ4n) is 2.37. The molecule has 2 aromatic heterocycles. The predicted molar refractivity (Wildman–Crippen MR) is 104 cm³/mol. The van der Waals surface area contributed by atoms with Crippen molar-refractivity contribution in [3.05, 3.63) is 108 Å². The van der Waals surface area contributed by atoms with E-state index >= 15 is 0 Å². The van der Waals surface area contributed by atoms with Crippen LogP contribution in [0.1, 0.15) is 11.1 Å². The van der Waals surface area contributed by atoms with Crippen LogP contribution in [0.5, 0.6) is 0 Å². The minimum Gasteiger partial charge on any atom is -0.316 e. The fraction of sp³-hybridized carbons (Fsp3) is 0.100. The van der Waals surface area contributed by atoms with E-state index in [1.807, 2.05) is 41.0 Å². The van der Waals surface area contributed by atoms with E-state index in [2.05, 4.69) is 30.0 Å². The van der Waals surface area contributed by atoms with Crippen molar-refractivity contribution < 1.29 is 0 Å². The number of benzene rings is 2. The Hall–Kier alpha value is -4.30. The zero-order chi connectivity index (χ0) is 19.6. The first kappa shape index (κ1) is 18.5. The van der Waals surface area contributed by atoms with Gasteiger partial charge in [-0.2, -0.15) is 5.10 Å². The van der Waals surface area contributed by atoms with E-state index in [9.17, 15) is 0 Å². The second kappa shape index (κ2) is 9.41. The van der Waals surface area contributed by atoms with Crippen LogP contribution in [0.15, 0.2) is 73.8 Å². The molecule has 0 amide bonds. The largest absolute Gasteiger partial charge is 0.316 e. The Morgan fingerprint density at radius 2 is 1.25 bits per heavy atom. The molecule has 0 aliphatic carbocycles. The SMILES string of the molecule is [C-]#[N+]c1ccc(Cn2cncn2)cc1.[C-]#[N+]c1ccc(Cn2cnnc2)cc1. The molecule has 136 valence electrons. The molecule has 0 saturated carbocycles. The summed E-state index contributed by atoms with van der Waals surface area (Å²) >= 11 is 0. The first-order valence-electron chi connectivity index (χ1n) is 8.34. The van der Waals surface area contributed by atoms with Gasteiger partial charge in [-0.25, -0.2) is 19.4 Å². The van der Waals surface area contributed by atoms with Gasteiger partial charge in [0.15, 0.2) is 11.4 Å². The van der Waals surface area contributed by atoms with Gasteiger partial charge in [-0.05, 0) is 11.1 Å². The predicted octanol–water partition coefficient (Wildman–Crippen LogP) is 3.75. The van der Waals surface area contributed by atoms with Crippen LogP contribution in [0.2, 0.25) is 0 Å². The van der Waals surface area contributed by atoms with Crippen LogP contribution in [0.3, 0.4) is 0 Å². The third-order valence-electron chi connectivity index (χ3n) is 3.77. The van der Waals surface area contributed by atoms with Crippen molar-refractivity contribution in [2.24, 2.45) is 0 Å². The van der Waals surface area contributed by atoms with E-state index in [1.54, 1.807) is 35.8 Å². The molecule has 4 rings (SSSR count). The van der Waals surface area contributed by atoms with Gasteiger partial charge in [-0.1, -0.05) is 48.5 Å². The van der Waals surface area contributed by atoms with Crippen molar-refractivity contribution in [3.8, 4) is 0 Å². The summed E-state index contributed by atoms with van der Waals surface area (Å²) in [5, 5.41) is 11.4. The summed E-state index contributed by atoms with van der Waals surface area (Å²) in [4.78, 5) is 10.5. The minimum absolute atomic E-state index is 0.660. The molecule has 0 unspecified atom stereocenters. The van der Waals surface area contributed by atoms with E-state index in [1.165, 1.54) is 6.33 Å². The molecule has 2 aromatic carbocycles. The maximum absolute atomic E-state index is 6.81. The second-order valence-electron chi connectivity index (χ2n) is 5.78. The Balaban J connectivity index is 0.000000161. The zero-order valence-electron chi connectivity index (χ0n) is 14.9. The summed E-state index contributed by atoms with van der Waals surface area (Å²) < 4.78 is 3.62. The molecule has 0 atom stereocenters. The molecule has 0 radical (unpaired) electrons. The summed E-state index contributed by atoms with van der Waals surface area (Å²) in [6.07, 6.45) is 6.52. The smallest absolute Gasteiger partial charge is 0.187 e. The molecule has 28 heavy (non-hydrogen) atoms. The maximum atomic E-state index is 6.81. The standard InChI is InChI=1S/2C10H8N4/c1-11-10-4-2-9(3-5-10)6-14-7-12-13-8-14;1-11-10-4-2-9(3-5-10)6-14-8-12-7-13-14/h2*2-5,7-8H,6H2. The summed E-state index contributed by atoms with van der Waals surface area (Å²) in [6, 6.07) is 15.0. The Morgan fingerprint density at radius 1 is 0.714 bits per heavy atom. The van der Waals surface area contributed by atoms with Crippen LogP contribution in [0.25, 0.3) is 9.69 Å². The number of hydrogen-bond acceptors (Lipinski definition) is 4. The lowest BCUT2D eigenvalue weighted by Gasteiger charge is -2.00. The molecule has 0 saturated heterocycles. The highest BCUT2D eigenvalue weighted by atomic mass is 15.3. The molecule has 2 heterocycles. The highest BCUT2D eigenvalue weighted by Crippen LogP contribution is 2.13. The van der Waals surface area contributed by atoms with Crippen LogP contribution in [0.4, 0.5) is 11.4 Å². The maximum Gasteiger partial charge on any atom is 0.187 e. The Kier molecular flexibility index (Phi) is 6.22. The number of hydrogen-bond donors (Lipinski definition) is 0. The molecule has 0 N–H and O–H groups in total. The van der Waals surface area contributed by atoms with Crippen molar-refractivity contribution in [1.29, 1.82) is 0 Å². The van der Waals surface area contributed by atoms with Crippen molar-refractivity contribution >= 4 is 11.4 Å². The third kappa shape index (κ3) is 5.35. The first-order chi connectivity index (χ1) is 13.8. The van der Waals surface area contributed by atoms with Crippen molar-refractivity contribution in [2.75, 3.05) is 0 Å². The Morgan fingerprint density at radius 3 is 1.71 bits per heavy atom. The van der Waals surface area contributed by atoms with Crippen molar-refractivity contribution in [1.82, 2.24) is 29.5 Å². The van der Waals surface area contributed by atoms with E-state index < -0.39 is 0 Å². The summed E-state index contributed by atoms with van der Waals surface area (Å²) in [7, 11) is 0. The molecule has 0 aliphatic rings. The van der Waals surface area contributed by atoms with E-state index in [0.29, 0.717) is 17.9 Å². The minimum atomic E-state index is 0.660. The zero-order valence-corrected chi connectivity index (χ0v) is 14.9. The van der Waals surface area contributed by atoms with Crippen LogP contribution in [-0.4, -0.2) is 29.5 Å². The molecule has 0 bridgehead atoms. The summed E-state index contributed by atoms with van der Waals surface area (Å²) in [6.45, 7) is 15.1. The lowest BCUT2D eigenvalue weighted by atomic mass is 10.2. The number of aromatic nitrogens is 6. The molecular weight excluding hydrogens is 352 g/mol. The monoisotopic (exact) mass is 368 g/mol. The fourth-order valence-corrected chi connectivity index (χ4v) is 2.37. The van der Waals surface area contributed by atoms with Gasteiger partial charge in [-0.15, -0.1) is 10.2 Å². The van der Waals surface area contributed by atoms with E-state index in [4.69, 9.17) is 13.1 Å². The van der Waals surface area contributed by atoms with E-state index in [-0.39, 0.29) is 0 Å². The van der Waals surface area contributed by atoms with Crippen molar-refractivity contribution in [2.45, 2.75) is 13.1 Å². The quantitative estimate of drug-likeness (QED) is 0.514. The van der Waals surface area contributed by atoms with Gasteiger partial charge >= 0.3 is 0 Å². The third-order valence-corrected chi connectivity index (χ3v) is 3.77. The normalized spacial score (nSPS) is 9.64. The van der Waals surface area contributed by atoms with Crippen LogP contribution in [0, 0.1) is 13.1 Å². The van der Waals surface area contributed by atoms with Gasteiger partial charge in [0.05, 0.1) is 19.7 Å². The summed E-state index contributed by atoms with van der Waals surface area (Å²) in [5.41, 5.74) is 3.57. The molecule has 8 nitrogen and oxygen atoms in total. The highest BCUT2D eigenvalue weighted by molar-refractivity contribution is 5.46. The molecule has 0 spiro atoms. The van der Waals surface area contributed by atoms with Crippen LogP contribution >= 0.6 is 0 Å². The molecule has 4 aromatic rings. The topological polar surface area (TPSA) is 70.1 Å². The average Bonchev–Trinajstić information content (AvgIpc) is 3.44. The van der Waals surface area contributed by atoms with Gasteiger partial charge < -0.3 is 4.57 Å². The second-order valence-corrected chi connectivity index (χ2v) is 5.78.